The fourth-order valence-corrected chi connectivity index (χ4v) is 4.85. The number of benzene rings is 2. The monoisotopic (exact) mass is 382 g/mol. The number of carbonyl (C=O) groups is 2. The van der Waals surface area contributed by atoms with Crippen LogP contribution in [0.1, 0.15) is 22.8 Å². The molecule has 0 amide bonds. The topological polar surface area (TPSA) is 43.4 Å². The third-order valence-electron chi connectivity index (χ3n) is 3.81. The molecule has 0 saturated carbocycles. The van der Waals surface area contributed by atoms with Crippen LogP contribution < -0.4 is 4.74 Å². The molecule has 2 aromatic rings. The molecule has 0 saturated heterocycles. The van der Waals surface area contributed by atoms with Crippen molar-refractivity contribution in [3.8, 4) is 5.75 Å². The SMILES string of the molecule is CCSC1=C(C(=O)c2ccccc2)C(=O)/C(=C/c2ccc(OC)cc2)S1. The van der Waals surface area contributed by atoms with Crippen molar-refractivity contribution in [2.75, 3.05) is 12.9 Å². The van der Waals surface area contributed by atoms with E-state index in [1.165, 1.54) is 23.5 Å². The first-order chi connectivity index (χ1) is 12.6. The van der Waals surface area contributed by atoms with Gasteiger partial charge in [0.1, 0.15) is 5.75 Å². The molecule has 3 nitrogen and oxygen atoms in total. The average molecular weight is 383 g/mol. The molecule has 0 fully saturated rings. The Balaban J connectivity index is 1.92. The lowest BCUT2D eigenvalue weighted by Crippen LogP contribution is -2.11. The van der Waals surface area contributed by atoms with Crippen LogP contribution >= 0.6 is 23.5 Å². The normalized spacial score (nSPS) is 15.6. The van der Waals surface area contributed by atoms with Crippen LogP contribution in [0.25, 0.3) is 6.08 Å². The van der Waals surface area contributed by atoms with Crippen molar-refractivity contribution >= 4 is 41.2 Å². The van der Waals surface area contributed by atoms with E-state index in [1.807, 2.05) is 43.3 Å². The molecule has 0 aromatic heterocycles. The summed E-state index contributed by atoms with van der Waals surface area (Å²) in [7, 11) is 1.61. The summed E-state index contributed by atoms with van der Waals surface area (Å²) in [6, 6.07) is 16.4. The lowest BCUT2D eigenvalue weighted by molar-refractivity contribution is -0.111. The number of hydrogen-bond acceptors (Lipinski definition) is 5. The summed E-state index contributed by atoms with van der Waals surface area (Å²) in [6.07, 6.45) is 1.83. The van der Waals surface area contributed by atoms with E-state index in [-0.39, 0.29) is 17.1 Å². The minimum Gasteiger partial charge on any atom is -0.497 e. The summed E-state index contributed by atoms with van der Waals surface area (Å²) in [5, 5.41) is 0. The molecule has 0 aliphatic carbocycles. The van der Waals surface area contributed by atoms with Crippen LogP contribution in [0.2, 0.25) is 0 Å². The third-order valence-corrected chi connectivity index (χ3v) is 6.08. The van der Waals surface area contributed by atoms with E-state index >= 15 is 0 Å². The lowest BCUT2D eigenvalue weighted by Gasteiger charge is -2.03. The highest BCUT2D eigenvalue weighted by Crippen LogP contribution is 2.46. The van der Waals surface area contributed by atoms with Crippen LogP contribution in [-0.2, 0) is 4.79 Å². The molecule has 0 bridgehead atoms. The van der Waals surface area contributed by atoms with Crippen molar-refractivity contribution in [2.45, 2.75) is 6.92 Å². The fourth-order valence-electron chi connectivity index (χ4n) is 2.52. The minimum atomic E-state index is -0.211. The van der Waals surface area contributed by atoms with Crippen molar-refractivity contribution in [1.82, 2.24) is 0 Å². The molecule has 0 spiro atoms. The fraction of sp³-hybridized carbons (Fsp3) is 0.143. The van der Waals surface area contributed by atoms with Gasteiger partial charge in [-0.2, -0.15) is 0 Å². The summed E-state index contributed by atoms with van der Waals surface area (Å²) in [5.74, 6) is 1.16. The van der Waals surface area contributed by atoms with Gasteiger partial charge in [0.25, 0.3) is 0 Å². The Hall–Kier alpha value is -2.24. The van der Waals surface area contributed by atoms with E-state index in [4.69, 9.17) is 4.74 Å². The summed E-state index contributed by atoms with van der Waals surface area (Å²) in [6.45, 7) is 2.01. The van der Waals surface area contributed by atoms with Crippen molar-refractivity contribution in [1.29, 1.82) is 0 Å². The van der Waals surface area contributed by atoms with E-state index in [0.717, 1.165) is 21.3 Å². The number of thioether (sulfide) groups is 2. The smallest absolute Gasteiger partial charge is 0.205 e. The molecule has 1 aliphatic heterocycles. The molecule has 0 N–H and O–H groups in total. The highest BCUT2D eigenvalue weighted by atomic mass is 32.2. The second-order valence-electron chi connectivity index (χ2n) is 5.50. The van der Waals surface area contributed by atoms with Gasteiger partial charge in [-0.25, -0.2) is 0 Å². The number of ether oxygens (including phenoxy) is 1. The Morgan fingerprint density at radius 1 is 1.12 bits per heavy atom. The maximum absolute atomic E-state index is 12.9. The van der Waals surface area contributed by atoms with Gasteiger partial charge in [-0.1, -0.05) is 61.2 Å². The Kier molecular flexibility index (Phi) is 6.01. The molecular formula is C21H18O3S2. The molecule has 132 valence electrons. The van der Waals surface area contributed by atoms with Crippen molar-refractivity contribution in [3.05, 3.63) is 80.4 Å². The van der Waals surface area contributed by atoms with Gasteiger partial charge in [0.15, 0.2) is 5.78 Å². The second-order valence-corrected chi connectivity index (χ2v) is 8.09. The summed E-state index contributed by atoms with van der Waals surface area (Å²) in [4.78, 5) is 26.4. The maximum Gasteiger partial charge on any atom is 0.205 e. The summed E-state index contributed by atoms with van der Waals surface area (Å²) < 4.78 is 5.94. The predicted molar refractivity (Wildman–Crippen MR) is 109 cm³/mol. The van der Waals surface area contributed by atoms with Gasteiger partial charge >= 0.3 is 0 Å². The molecule has 26 heavy (non-hydrogen) atoms. The number of hydrogen-bond donors (Lipinski definition) is 0. The van der Waals surface area contributed by atoms with Gasteiger partial charge in [-0.3, -0.25) is 9.59 Å². The molecule has 0 atom stereocenters. The Bertz CT molecular complexity index is 881. The van der Waals surface area contributed by atoms with Gasteiger partial charge in [0, 0.05) is 5.56 Å². The highest BCUT2D eigenvalue weighted by Gasteiger charge is 2.34. The molecule has 2 aromatic carbocycles. The minimum absolute atomic E-state index is 0.198. The number of methoxy groups -OCH3 is 1. The molecule has 1 aliphatic rings. The zero-order valence-electron chi connectivity index (χ0n) is 14.5. The molecule has 5 heteroatoms. The second kappa shape index (κ2) is 8.43. The summed E-state index contributed by atoms with van der Waals surface area (Å²) >= 11 is 2.92. The molecular weight excluding hydrogens is 364 g/mol. The van der Waals surface area contributed by atoms with Gasteiger partial charge < -0.3 is 4.74 Å². The van der Waals surface area contributed by atoms with Crippen LogP contribution in [0.4, 0.5) is 0 Å². The van der Waals surface area contributed by atoms with E-state index in [1.54, 1.807) is 31.4 Å². The Morgan fingerprint density at radius 2 is 1.81 bits per heavy atom. The number of ketones is 2. The van der Waals surface area contributed by atoms with Crippen LogP contribution in [0, 0.1) is 0 Å². The standard InChI is InChI=1S/C21H18O3S2/c1-3-25-21-18(19(22)15-7-5-4-6-8-15)20(23)17(26-21)13-14-9-11-16(24-2)12-10-14/h4-13H,3H2,1-2H3/b17-13-. The third kappa shape index (κ3) is 3.94. The quantitative estimate of drug-likeness (QED) is 0.390. The van der Waals surface area contributed by atoms with E-state index in [9.17, 15) is 9.59 Å². The largest absolute Gasteiger partial charge is 0.497 e. The number of carbonyl (C=O) groups excluding carboxylic acids is 2. The maximum atomic E-state index is 12.9. The van der Waals surface area contributed by atoms with Gasteiger partial charge in [-0.15, -0.1) is 11.8 Å². The lowest BCUT2D eigenvalue weighted by atomic mass is 10.0. The van der Waals surface area contributed by atoms with E-state index in [0.29, 0.717) is 10.5 Å². The zero-order chi connectivity index (χ0) is 18.5. The van der Waals surface area contributed by atoms with Crippen LogP contribution in [0.5, 0.6) is 5.75 Å². The van der Waals surface area contributed by atoms with Crippen molar-refractivity contribution < 1.29 is 14.3 Å². The average Bonchev–Trinajstić information content (AvgIpc) is 2.98. The number of allylic oxidation sites excluding steroid dienone is 2. The highest BCUT2D eigenvalue weighted by molar-refractivity contribution is 8.25. The Labute approximate surface area is 161 Å². The van der Waals surface area contributed by atoms with Gasteiger partial charge in [0.05, 0.1) is 21.8 Å². The van der Waals surface area contributed by atoms with Crippen LogP contribution in [-0.4, -0.2) is 24.4 Å². The van der Waals surface area contributed by atoms with Crippen molar-refractivity contribution in [3.63, 3.8) is 0 Å². The van der Waals surface area contributed by atoms with Crippen molar-refractivity contribution in [2.24, 2.45) is 0 Å². The first kappa shape index (κ1) is 18.5. The first-order valence-corrected chi connectivity index (χ1v) is 9.99. The number of Topliss-reactive ketones (excluding diaryl/α,β-unsaturated/α-hetero) is 2. The molecule has 3 rings (SSSR count). The van der Waals surface area contributed by atoms with Gasteiger partial charge in [0.2, 0.25) is 5.78 Å². The molecule has 0 radical (unpaired) electrons. The molecule has 0 unspecified atom stereocenters. The zero-order valence-corrected chi connectivity index (χ0v) is 16.2. The van der Waals surface area contributed by atoms with Gasteiger partial charge in [-0.05, 0) is 29.5 Å². The summed E-state index contributed by atoms with van der Waals surface area (Å²) in [5.41, 5.74) is 1.72. The number of rotatable bonds is 6. The molecule has 1 heterocycles. The predicted octanol–water partition coefficient (Wildman–Crippen LogP) is 5.20. The Morgan fingerprint density at radius 3 is 2.42 bits per heavy atom. The van der Waals surface area contributed by atoms with Crippen LogP contribution in [0.3, 0.4) is 0 Å². The van der Waals surface area contributed by atoms with E-state index < -0.39 is 0 Å². The van der Waals surface area contributed by atoms with Crippen LogP contribution in [0.15, 0.2) is 69.3 Å². The first-order valence-electron chi connectivity index (χ1n) is 8.19. The van der Waals surface area contributed by atoms with E-state index in [2.05, 4.69) is 0 Å².